The zero-order valence-corrected chi connectivity index (χ0v) is 19.1. The third kappa shape index (κ3) is 4.76. The minimum Gasteiger partial charge on any atom is -0.337 e. The number of amides is 1. The molecule has 6 nitrogen and oxygen atoms in total. The van der Waals surface area contributed by atoms with Crippen molar-refractivity contribution < 1.29 is 4.79 Å². The first-order valence-corrected chi connectivity index (χ1v) is 10.9. The number of benzene rings is 1. The van der Waals surface area contributed by atoms with E-state index in [9.17, 15) is 14.9 Å². The van der Waals surface area contributed by atoms with E-state index in [1.54, 1.807) is 30.5 Å². The Kier molecular flexibility index (Phi) is 7.29. The largest absolute Gasteiger partial charge is 0.337 e. The molecule has 1 N–H and O–H groups in total. The molecule has 2 rings (SSSR count). The summed E-state index contributed by atoms with van der Waals surface area (Å²) in [5.74, 6) is -0.287. The summed E-state index contributed by atoms with van der Waals surface area (Å²) >= 11 is 4.63. The Hall–Kier alpha value is -1.85. The molecule has 2 atom stereocenters. The smallest absolute Gasteiger partial charge is 0.262 e. The fourth-order valence-corrected chi connectivity index (χ4v) is 3.85. The van der Waals surface area contributed by atoms with E-state index in [0.717, 1.165) is 10.9 Å². The van der Waals surface area contributed by atoms with Gasteiger partial charge in [-0.2, -0.15) is 5.26 Å². The van der Waals surface area contributed by atoms with Crippen molar-refractivity contribution in [2.75, 3.05) is 0 Å². The summed E-state index contributed by atoms with van der Waals surface area (Å²) in [4.78, 5) is 30.3. The first-order chi connectivity index (χ1) is 13.1. The number of thioether (sulfide) groups is 1. The third-order valence-electron chi connectivity index (χ3n) is 4.75. The molecule has 0 aliphatic carbocycles. The van der Waals surface area contributed by atoms with Gasteiger partial charge in [-0.05, 0) is 44.4 Å². The van der Waals surface area contributed by atoms with Gasteiger partial charge in [-0.1, -0.05) is 48.5 Å². The van der Waals surface area contributed by atoms with Gasteiger partial charge in [0.05, 0.1) is 22.2 Å². The molecule has 2 unspecified atom stereocenters. The summed E-state index contributed by atoms with van der Waals surface area (Å²) in [5, 5.41) is 12.8. The molecule has 1 amide bonds. The SMILES string of the molecule is CCCn1c(SC(C)C(=O)NC(C)(C#N)C(C)C)nc2ccc(Br)cc2c1=O. The minimum atomic E-state index is -0.946. The molecule has 0 aliphatic rings. The van der Waals surface area contributed by atoms with Gasteiger partial charge in [-0.15, -0.1) is 0 Å². The quantitative estimate of drug-likeness (QED) is 0.491. The van der Waals surface area contributed by atoms with Crippen LogP contribution in [0, 0.1) is 17.2 Å². The number of nitriles is 1. The summed E-state index contributed by atoms with van der Waals surface area (Å²) in [7, 11) is 0. The fraction of sp³-hybridized carbons (Fsp3) is 0.500. The topological polar surface area (TPSA) is 87.8 Å². The van der Waals surface area contributed by atoms with Crippen LogP contribution in [0.1, 0.15) is 41.0 Å². The molecule has 28 heavy (non-hydrogen) atoms. The van der Waals surface area contributed by atoms with E-state index in [4.69, 9.17) is 0 Å². The van der Waals surface area contributed by atoms with Crippen LogP contribution in [-0.4, -0.2) is 26.2 Å². The van der Waals surface area contributed by atoms with Crippen LogP contribution in [0.5, 0.6) is 0 Å². The van der Waals surface area contributed by atoms with Gasteiger partial charge >= 0.3 is 0 Å². The number of carbonyl (C=O) groups is 1. The Morgan fingerprint density at radius 3 is 2.68 bits per heavy atom. The van der Waals surface area contributed by atoms with Crippen molar-refractivity contribution in [2.24, 2.45) is 5.92 Å². The van der Waals surface area contributed by atoms with Crippen molar-refractivity contribution in [1.82, 2.24) is 14.9 Å². The van der Waals surface area contributed by atoms with Gasteiger partial charge in [0.15, 0.2) is 5.16 Å². The van der Waals surface area contributed by atoms with Crippen LogP contribution in [0.15, 0.2) is 32.6 Å². The lowest BCUT2D eigenvalue weighted by atomic mass is 9.90. The number of fused-ring (bicyclic) bond motifs is 1. The maximum Gasteiger partial charge on any atom is 0.262 e. The normalized spacial score (nSPS) is 14.5. The monoisotopic (exact) mass is 464 g/mol. The second-order valence-electron chi connectivity index (χ2n) is 7.23. The number of hydrogen-bond donors (Lipinski definition) is 1. The number of nitrogens with zero attached hydrogens (tertiary/aromatic N) is 3. The predicted octanol–water partition coefficient (Wildman–Crippen LogP) is 4.10. The number of nitrogens with one attached hydrogen (secondary N) is 1. The zero-order chi connectivity index (χ0) is 21.1. The molecule has 0 spiro atoms. The zero-order valence-electron chi connectivity index (χ0n) is 16.7. The maximum atomic E-state index is 13.0. The lowest BCUT2D eigenvalue weighted by Gasteiger charge is -2.28. The molecule has 0 saturated carbocycles. The van der Waals surface area contributed by atoms with Crippen molar-refractivity contribution in [1.29, 1.82) is 5.26 Å². The molecule has 0 saturated heterocycles. The van der Waals surface area contributed by atoms with Crippen LogP contribution in [0.4, 0.5) is 0 Å². The molecule has 0 bridgehead atoms. The van der Waals surface area contributed by atoms with Crippen molar-refractivity contribution in [3.63, 3.8) is 0 Å². The number of aromatic nitrogens is 2. The highest BCUT2D eigenvalue weighted by atomic mass is 79.9. The predicted molar refractivity (Wildman–Crippen MR) is 116 cm³/mol. The number of rotatable bonds is 7. The van der Waals surface area contributed by atoms with Crippen molar-refractivity contribution in [3.8, 4) is 6.07 Å². The van der Waals surface area contributed by atoms with Crippen LogP contribution >= 0.6 is 27.7 Å². The molecule has 1 aromatic carbocycles. The van der Waals surface area contributed by atoms with Gasteiger partial charge in [0, 0.05) is 11.0 Å². The second-order valence-corrected chi connectivity index (χ2v) is 9.45. The standard InChI is InChI=1S/C20H25BrN4O2S/c1-6-9-25-18(27)15-10-14(21)7-8-16(15)23-19(25)28-13(4)17(26)24-20(5,11-22)12(2)3/h7-8,10,12-13H,6,9H2,1-5H3,(H,24,26). The van der Waals surface area contributed by atoms with Gasteiger partial charge in [-0.25, -0.2) is 4.98 Å². The molecule has 0 fully saturated rings. The van der Waals surface area contributed by atoms with E-state index in [1.807, 2.05) is 26.8 Å². The highest BCUT2D eigenvalue weighted by Gasteiger charge is 2.32. The van der Waals surface area contributed by atoms with E-state index >= 15 is 0 Å². The molecule has 1 aromatic heterocycles. The molecule has 1 heterocycles. The highest BCUT2D eigenvalue weighted by molar-refractivity contribution is 9.10. The lowest BCUT2D eigenvalue weighted by Crippen LogP contribution is -2.51. The van der Waals surface area contributed by atoms with E-state index in [-0.39, 0.29) is 17.4 Å². The van der Waals surface area contributed by atoms with Crippen molar-refractivity contribution in [3.05, 3.63) is 33.0 Å². The van der Waals surface area contributed by atoms with Crippen molar-refractivity contribution in [2.45, 2.75) is 63.5 Å². The molecular weight excluding hydrogens is 440 g/mol. The summed E-state index contributed by atoms with van der Waals surface area (Å²) in [5.41, 5.74) is -0.468. The van der Waals surface area contributed by atoms with Gasteiger partial charge < -0.3 is 5.32 Å². The summed E-state index contributed by atoms with van der Waals surface area (Å²) < 4.78 is 2.44. The van der Waals surface area contributed by atoms with Crippen LogP contribution in [-0.2, 0) is 11.3 Å². The first kappa shape index (κ1) is 22.4. The van der Waals surface area contributed by atoms with E-state index in [1.165, 1.54) is 11.8 Å². The Bertz CT molecular complexity index is 983. The third-order valence-corrected chi connectivity index (χ3v) is 6.33. The number of carbonyl (C=O) groups excluding carboxylic acids is 1. The van der Waals surface area contributed by atoms with Gasteiger partial charge in [-0.3, -0.25) is 14.2 Å². The fourth-order valence-electron chi connectivity index (χ4n) is 2.55. The molecular formula is C20H25BrN4O2S. The minimum absolute atomic E-state index is 0.0332. The van der Waals surface area contributed by atoms with Crippen LogP contribution in [0.25, 0.3) is 10.9 Å². The van der Waals surface area contributed by atoms with Gasteiger partial charge in [0.1, 0.15) is 5.54 Å². The van der Waals surface area contributed by atoms with Crippen LogP contribution < -0.4 is 10.9 Å². The summed E-state index contributed by atoms with van der Waals surface area (Å²) in [6.07, 6.45) is 0.773. The van der Waals surface area contributed by atoms with E-state index in [2.05, 4.69) is 32.3 Å². The molecule has 2 aromatic rings. The number of halogens is 1. The Labute approximate surface area is 177 Å². The van der Waals surface area contributed by atoms with Crippen LogP contribution in [0.2, 0.25) is 0 Å². The lowest BCUT2D eigenvalue weighted by molar-refractivity contribution is -0.121. The maximum absolute atomic E-state index is 13.0. The average molecular weight is 465 g/mol. The molecule has 0 radical (unpaired) electrons. The van der Waals surface area contributed by atoms with E-state index < -0.39 is 10.8 Å². The molecule has 0 aliphatic heterocycles. The summed E-state index contributed by atoms with van der Waals surface area (Å²) in [6.45, 7) is 9.76. The summed E-state index contributed by atoms with van der Waals surface area (Å²) in [6, 6.07) is 7.57. The number of hydrogen-bond acceptors (Lipinski definition) is 5. The Morgan fingerprint density at radius 2 is 2.11 bits per heavy atom. The average Bonchev–Trinajstić information content (AvgIpc) is 2.65. The van der Waals surface area contributed by atoms with Gasteiger partial charge in [0.25, 0.3) is 5.56 Å². The Morgan fingerprint density at radius 1 is 1.43 bits per heavy atom. The Balaban J connectivity index is 2.38. The first-order valence-electron chi connectivity index (χ1n) is 9.23. The van der Waals surface area contributed by atoms with Crippen molar-refractivity contribution >= 4 is 44.5 Å². The molecule has 8 heteroatoms. The highest BCUT2D eigenvalue weighted by Crippen LogP contribution is 2.25. The van der Waals surface area contributed by atoms with Gasteiger partial charge in [0.2, 0.25) is 5.91 Å². The second kappa shape index (κ2) is 9.10. The molecule has 150 valence electrons. The van der Waals surface area contributed by atoms with E-state index in [0.29, 0.717) is 22.6 Å². The van der Waals surface area contributed by atoms with Crippen LogP contribution in [0.3, 0.4) is 0 Å².